The maximum absolute atomic E-state index is 12.4. The van der Waals surface area contributed by atoms with E-state index in [2.05, 4.69) is 45.3 Å². The van der Waals surface area contributed by atoms with E-state index < -0.39 is 0 Å². The molecule has 1 aromatic carbocycles. The highest BCUT2D eigenvalue weighted by atomic mass is 16.5. The third kappa shape index (κ3) is 5.60. The lowest BCUT2D eigenvalue weighted by Crippen LogP contribution is -3.06. The number of quaternary nitrogens is 1. The molecule has 3 N–H and O–H groups in total. The van der Waals surface area contributed by atoms with E-state index in [1.165, 1.54) is 0 Å². The van der Waals surface area contributed by atoms with Crippen molar-refractivity contribution in [3.63, 3.8) is 0 Å². The largest absolute Gasteiger partial charge is 0.484 e. The summed E-state index contributed by atoms with van der Waals surface area (Å²) in [6.45, 7) is 10.8. The van der Waals surface area contributed by atoms with Crippen LogP contribution in [-0.2, 0) is 11.2 Å². The van der Waals surface area contributed by atoms with Gasteiger partial charge in [-0.15, -0.1) is 0 Å². The van der Waals surface area contributed by atoms with Crippen molar-refractivity contribution in [2.45, 2.75) is 77.4 Å². The highest BCUT2D eigenvalue weighted by molar-refractivity contribution is 5.82. The number of hydrogen-bond donors (Lipinski definition) is 2. The van der Waals surface area contributed by atoms with E-state index in [1.807, 2.05) is 12.1 Å². The van der Waals surface area contributed by atoms with Gasteiger partial charge in [-0.3, -0.25) is 4.79 Å². The van der Waals surface area contributed by atoms with E-state index in [0.29, 0.717) is 11.3 Å². The number of fused-ring (bicyclic) bond motifs is 1. The number of piperidine rings is 1. The van der Waals surface area contributed by atoms with Crippen LogP contribution >= 0.6 is 0 Å². The SMILES string of the molecule is CCCc1cc(=O)oc2cc(OCC(=O)NC3CC(C)(C)[NH2+]C(C)(C)C3)ccc12. The van der Waals surface area contributed by atoms with Crippen LogP contribution in [0.2, 0.25) is 0 Å². The maximum Gasteiger partial charge on any atom is 0.336 e. The van der Waals surface area contributed by atoms with E-state index in [1.54, 1.807) is 12.1 Å². The van der Waals surface area contributed by atoms with Gasteiger partial charge < -0.3 is 19.8 Å². The van der Waals surface area contributed by atoms with E-state index in [9.17, 15) is 9.59 Å². The zero-order valence-electron chi connectivity index (χ0n) is 18.1. The number of ether oxygens (including phenoxy) is 1. The predicted octanol–water partition coefficient (Wildman–Crippen LogP) is 2.52. The summed E-state index contributed by atoms with van der Waals surface area (Å²) in [5, 5.41) is 6.41. The Morgan fingerprint density at radius 3 is 2.55 bits per heavy atom. The van der Waals surface area contributed by atoms with Crippen molar-refractivity contribution in [3.05, 3.63) is 40.2 Å². The maximum atomic E-state index is 12.4. The Hall–Kier alpha value is -2.34. The van der Waals surface area contributed by atoms with Crippen LogP contribution in [0.3, 0.4) is 0 Å². The van der Waals surface area contributed by atoms with Crippen molar-refractivity contribution in [1.29, 1.82) is 0 Å². The highest BCUT2D eigenvalue weighted by Crippen LogP contribution is 2.24. The van der Waals surface area contributed by atoms with Crippen LogP contribution in [0.1, 0.15) is 59.4 Å². The lowest BCUT2D eigenvalue weighted by molar-refractivity contribution is -0.787. The summed E-state index contributed by atoms with van der Waals surface area (Å²) in [7, 11) is 0. The monoisotopic (exact) mass is 401 g/mol. The van der Waals surface area contributed by atoms with E-state index in [0.717, 1.165) is 36.6 Å². The molecular formula is C23H33N2O4+. The van der Waals surface area contributed by atoms with Crippen LogP contribution < -0.4 is 21.0 Å². The summed E-state index contributed by atoms with van der Waals surface area (Å²) in [6, 6.07) is 7.07. The second kappa shape index (κ2) is 8.19. The van der Waals surface area contributed by atoms with Gasteiger partial charge in [0.2, 0.25) is 0 Å². The van der Waals surface area contributed by atoms with Crippen molar-refractivity contribution in [2.24, 2.45) is 0 Å². The van der Waals surface area contributed by atoms with Gasteiger partial charge in [-0.05, 0) is 51.8 Å². The molecule has 6 heteroatoms. The van der Waals surface area contributed by atoms with Gasteiger partial charge in [0.25, 0.3) is 5.91 Å². The molecule has 2 aromatic rings. The van der Waals surface area contributed by atoms with Gasteiger partial charge in [-0.2, -0.15) is 0 Å². The number of nitrogens with two attached hydrogens (primary N) is 1. The first-order chi connectivity index (χ1) is 13.6. The van der Waals surface area contributed by atoms with Gasteiger partial charge in [0, 0.05) is 36.4 Å². The summed E-state index contributed by atoms with van der Waals surface area (Å²) < 4.78 is 11.0. The van der Waals surface area contributed by atoms with Crippen LogP contribution in [0.25, 0.3) is 11.0 Å². The fourth-order valence-electron chi connectivity index (χ4n) is 4.81. The molecule has 6 nitrogen and oxygen atoms in total. The molecular weight excluding hydrogens is 368 g/mol. The summed E-state index contributed by atoms with van der Waals surface area (Å²) in [6.07, 6.45) is 3.60. The predicted molar refractivity (Wildman–Crippen MR) is 113 cm³/mol. The number of nitrogens with one attached hydrogen (secondary N) is 1. The van der Waals surface area contributed by atoms with Crippen LogP contribution in [0, 0.1) is 0 Å². The number of hydrogen-bond acceptors (Lipinski definition) is 4. The summed E-state index contributed by atoms with van der Waals surface area (Å²) in [4.78, 5) is 24.3. The van der Waals surface area contributed by atoms with Crippen molar-refractivity contribution in [1.82, 2.24) is 5.32 Å². The first-order valence-electron chi connectivity index (χ1n) is 10.4. The molecule has 0 aliphatic carbocycles. The molecule has 0 atom stereocenters. The smallest absolute Gasteiger partial charge is 0.336 e. The standard InChI is InChI=1S/C23H32N2O4/c1-6-7-15-10-21(27)29-19-11-17(8-9-18(15)19)28-14-20(26)24-16-12-22(2,3)25-23(4,5)13-16/h8-11,16,25H,6-7,12-14H2,1-5H3,(H,24,26)/p+1. The molecule has 1 aliphatic heterocycles. The minimum absolute atomic E-state index is 0.0640. The zero-order chi connectivity index (χ0) is 21.2. The molecule has 1 aliphatic rings. The average molecular weight is 402 g/mol. The third-order valence-corrected chi connectivity index (χ3v) is 5.38. The Morgan fingerprint density at radius 2 is 1.90 bits per heavy atom. The number of carbonyl (C=O) groups is 1. The molecule has 2 heterocycles. The van der Waals surface area contributed by atoms with Gasteiger partial charge in [0.1, 0.15) is 11.3 Å². The van der Waals surface area contributed by atoms with Gasteiger partial charge in [-0.1, -0.05) is 13.3 Å². The van der Waals surface area contributed by atoms with E-state index >= 15 is 0 Å². The van der Waals surface area contributed by atoms with Gasteiger partial charge >= 0.3 is 5.63 Å². The third-order valence-electron chi connectivity index (χ3n) is 5.38. The Morgan fingerprint density at radius 1 is 1.21 bits per heavy atom. The number of carbonyl (C=O) groups excluding carboxylic acids is 1. The lowest BCUT2D eigenvalue weighted by Gasteiger charge is -2.43. The molecule has 0 bridgehead atoms. The minimum Gasteiger partial charge on any atom is -0.484 e. The zero-order valence-corrected chi connectivity index (χ0v) is 18.1. The van der Waals surface area contributed by atoms with Gasteiger partial charge in [0.05, 0.1) is 11.1 Å². The van der Waals surface area contributed by atoms with Crippen molar-refractivity contribution in [2.75, 3.05) is 6.61 Å². The second-order valence-electron chi connectivity index (χ2n) is 9.58. The number of aryl methyl sites for hydroxylation is 1. The normalized spacial score (nSPS) is 18.5. The van der Waals surface area contributed by atoms with Crippen LogP contribution in [0.15, 0.2) is 33.5 Å². The topological polar surface area (TPSA) is 85.1 Å². The van der Waals surface area contributed by atoms with Crippen LogP contribution in [0.4, 0.5) is 0 Å². The summed E-state index contributed by atoms with van der Waals surface area (Å²) >= 11 is 0. The Bertz CT molecular complexity index is 930. The summed E-state index contributed by atoms with van der Waals surface area (Å²) in [5.41, 5.74) is 1.28. The Labute approximate surface area is 172 Å². The minimum atomic E-state index is -0.366. The molecule has 0 radical (unpaired) electrons. The lowest BCUT2D eigenvalue weighted by atomic mass is 9.79. The second-order valence-corrected chi connectivity index (χ2v) is 9.58. The molecule has 0 saturated carbocycles. The Balaban J connectivity index is 1.64. The molecule has 29 heavy (non-hydrogen) atoms. The molecule has 3 rings (SSSR count). The molecule has 1 fully saturated rings. The van der Waals surface area contributed by atoms with Crippen LogP contribution in [0.5, 0.6) is 5.75 Å². The van der Waals surface area contributed by atoms with E-state index in [4.69, 9.17) is 9.15 Å². The first kappa shape index (κ1) is 21.4. The van der Waals surface area contributed by atoms with Crippen molar-refractivity contribution >= 4 is 16.9 Å². The molecule has 1 aromatic heterocycles. The van der Waals surface area contributed by atoms with Crippen LogP contribution in [-0.4, -0.2) is 29.6 Å². The highest BCUT2D eigenvalue weighted by Gasteiger charge is 2.42. The summed E-state index contributed by atoms with van der Waals surface area (Å²) in [5.74, 6) is 0.381. The number of rotatable bonds is 6. The molecule has 1 amide bonds. The molecule has 158 valence electrons. The first-order valence-corrected chi connectivity index (χ1v) is 10.4. The molecule has 0 spiro atoms. The van der Waals surface area contributed by atoms with Crippen molar-refractivity contribution in [3.8, 4) is 5.75 Å². The quantitative estimate of drug-likeness (QED) is 0.729. The number of amides is 1. The van der Waals surface area contributed by atoms with Gasteiger partial charge in [-0.25, -0.2) is 4.79 Å². The molecule has 0 unspecified atom stereocenters. The molecule has 1 saturated heterocycles. The number of benzene rings is 1. The van der Waals surface area contributed by atoms with E-state index in [-0.39, 0.29) is 35.3 Å². The van der Waals surface area contributed by atoms with Crippen molar-refractivity contribution < 1.29 is 19.3 Å². The Kier molecular flexibility index (Phi) is 6.03. The van der Waals surface area contributed by atoms with Gasteiger partial charge in [0.15, 0.2) is 6.61 Å². The fraction of sp³-hybridized carbons (Fsp3) is 0.565. The average Bonchev–Trinajstić information content (AvgIpc) is 2.57. The fourth-order valence-corrected chi connectivity index (χ4v) is 4.81.